The molecule has 14 heavy (non-hydrogen) atoms. The van der Waals surface area contributed by atoms with E-state index >= 15 is 0 Å². The van der Waals surface area contributed by atoms with Crippen molar-refractivity contribution in [3.63, 3.8) is 0 Å². The lowest BCUT2D eigenvalue weighted by molar-refractivity contribution is -0.105. The van der Waals surface area contributed by atoms with Gasteiger partial charge in [-0.2, -0.15) is 0 Å². The van der Waals surface area contributed by atoms with Gasteiger partial charge in [0.05, 0.1) is 0 Å². The van der Waals surface area contributed by atoms with Crippen LogP contribution in [-0.4, -0.2) is 25.3 Å². The van der Waals surface area contributed by atoms with Crippen LogP contribution in [0.4, 0.5) is 0 Å². The highest BCUT2D eigenvalue weighted by Gasteiger charge is 1.96. The maximum Gasteiger partial charge on any atom is 0.147 e. The van der Waals surface area contributed by atoms with Crippen LogP contribution in [0.15, 0.2) is 11.8 Å². The third kappa shape index (κ3) is 7.84. The Kier molecular flexibility index (Phi) is 8.30. The fourth-order valence-electron chi connectivity index (χ4n) is 1.42. The first-order chi connectivity index (χ1) is 6.70. The minimum absolute atomic E-state index is 0.909. The maximum atomic E-state index is 10.7. The zero-order valence-corrected chi connectivity index (χ0v) is 9.75. The van der Waals surface area contributed by atoms with Crippen LogP contribution in [0.25, 0.3) is 0 Å². The molecule has 0 radical (unpaired) electrons. The number of rotatable bonds is 8. The molecule has 0 aromatic rings. The van der Waals surface area contributed by atoms with Crippen molar-refractivity contribution in [3.05, 3.63) is 11.8 Å². The minimum Gasteiger partial charge on any atom is -0.383 e. The highest BCUT2D eigenvalue weighted by molar-refractivity contribution is 5.72. The molecule has 0 amide bonds. The third-order valence-corrected chi connectivity index (χ3v) is 2.14. The van der Waals surface area contributed by atoms with Crippen LogP contribution in [0.3, 0.4) is 0 Å². The molecule has 0 aliphatic carbocycles. The Morgan fingerprint density at radius 1 is 1.14 bits per heavy atom. The van der Waals surface area contributed by atoms with Gasteiger partial charge in [-0.05, 0) is 12.8 Å². The molecule has 0 saturated heterocycles. The highest BCUT2D eigenvalue weighted by Crippen LogP contribution is 2.09. The second kappa shape index (κ2) is 8.79. The van der Waals surface area contributed by atoms with Crippen LogP contribution in [0.1, 0.15) is 45.4 Å². The topological polar surface area (TPSA) is 20.3 Å². The van der Waals surface area contributed by atoms with Crippen LogP contribution in [0, 0.1) is 0 Å². The summed E-state index contributed by atoms with van der Waals surface area (Å²) in [6, 6.07) is 0. The van der Waals surface area contributed by atoms with E-state index in [0.717, 1.165) is 24.7 Å². The van der Waals surface area contributed by atoms with Gasteiger partial charge in [0.25, 0.3) is 0 Å². The van der Waals surface area contributed by atoms with Gasteiger partial charge in [0.15, 0.2) is 0 Å². The summed E-state index contributed by atoms with van der Waals surface area (Å²) in [6.07, 6.45) is 10.1. The van der Waals surface area contributed by atoms with Crippen LogP contribution >= 0.6 is 0 Å². The molecule has 0 saturated carbocycles. The Balaban J connectivity index is 3.58. The summed E-state index contributed by atoms with van der Waals surface area (Å²) in [5, 5.41) is 0. The number of carbonyl (C=O) groups is 1. The summed E-state index contributed by atoms with van der Waals surface area (Å²) in [6.45, 7) is 2.21. The predicted octanol–water partition coefficient (Wildman–Crippen LogP) is 2.99. The number of allylic oxidation sites excluding steroid dienone is 1. The summed E-state index contributed by atoms with van der Waals surface area (Å²) < 4.78 is 0. The van der Waals surface area contributed by atoms with E-state index in [9.17, 15) is 4.79 Å². The monoisotopic (exact) mass is 197 g/mol. The van der Waals surface area contributed by atoms with Crippen LogP contribution in [-0.2, 0) is 4.79 Å². The first kappa shape index (κ1) is 13.2. The van der Waals surface area contributed by atoms with E-state index < -0.39 is 0 Å². The van der Waals surface area contributed by atoms with Gasteiger partial charge in [-0.25, -0.2) is 0 Å². The van der Waals surface area contributed by atoms with E-state index in [4.69, 9.17) is 0 Å². The van der Waals surface area contributed by atoms with Crippen molar-refractivity contribution < 1.29 is 4.79 Å². The Labute approximate surface area is 88.0 Å². The van der Waals surface area contributed by atoms with Gasteiger partial charge >= 0.3 is 0 Å². The molecule has 0 aliphatic rings. The van der Waals surface area contributed by atoms with E-state index in [1.54, 1.807) is 0 Å². The van der Waals surface area contributed by atoms with Gasteiger partial charge < -0.3 is 4.90 Å². The Bertz CT molecular complexity index is 173. The zero-order chi connectivity index (χ0) is 10.8. The standard InChI is InChI=1S/C12H23NO/c1-4-5-6-7-8-9-12(11-14)10-13(2)3/h10-11H,4-9H2,1-3H3. The fourth-order valence-corrected chi connectivity index (χ4v) is 1.42. The van der Waals surface area contributed by atoms with Crippen molar-refractivity contribution in [2.24, 2.45) is 0 Å². The molecule has 2 heteroatoms. The molecule has 0 spiro atoms. The van der Waals surface area contributed by atoms with Crippen LogP contribution in [0.2, 0.25) is 0 Å². The molecule has 0 aromatic carbocycles. The lowest BCUT2D eigenvalue weighted by Crippen LogP contribution is -2.03. The molecular weight excluding hydrogens is 174 g/mol. The molecular formula is C12H23NO. The summed E-state index contributed by atoms with van der Waals surface area (Å²) in [5.74, 6) is 0. The molecule has 0 atom stereocenters. The van der Waals surface area contributed by atoms with Gasteiger partial charge in [0.1, 0.15) is 6.29 Å². The van der Waals surface area contributed by atoms with Crippen LogP contribution in [0.5, 0.6) is 0 Å². The first-order valence-electron chi connectivity index (χ1n) is 5.53. The molecule has 0 rings (SSSR count). The van der Waals surface area contributed by atoms with E-state index in [-0.39, 0.29) is 0 Å². The predicted molar refractivity (Wildman–Crippen MR) is 61.2 cm³/mol. The van der Waals surface area contributed by atoms with Gasteiger partial charge in [-0.3, -0.25) is 4.79 Å². The third-order valence-electron chi connectivity index (χ3n) is 2.14. The average molecular weight is 197 g/mol. The molecule has 82 valence electrons. The lowest BCUT2D eigenvalue weighted by Gasteiger charge is -2.07. The summed E-state index contributed by atoms with van der Waals surface area (Å²) >= 11 is 0. The molecule has 0 N–H and O–H groups in total. The Morgan fingerprint density at radius 2 is 1.79 bits per heavy atom. The zero-order valence-electron chi connectivity index (χ0n) is 9.75. The van der Waals surface area contributed by atoms with Gasteiger partial charge in [-0.15, -0.1) is 0 Å². The van der Waals surface area contributed by atoms with Crippen LogP contribution < -0.4 is 0 Å². The van der Waals surface area contributed by atoms with E-state index in [1.165, 1.54) is 25.7 Å². The van der Waals surface area contributed by atoms with E-state index in [2.05, 4.69) is 6.92 Å². The molecule has 0 bridgehead atoms. The fraction of sp³-hybridized carbons (Fsp3) is 0.750. The number of aldehydes is 1. The van der Waals surface area contributed by atoms with E-state index in [1.807, 2.05) is 25.2 Å². The summed E-state index contributed by atoms with van der Waals surface area (Å²) in [5.41, 5.74) is 0.909. The average Bonchev–Trinajstić information content (AvgIpc) is 2.15. The number of hydrogen-bond donors (Lipinski definition) is 0. The normalized spacial score (nSPS) is 11.5. The highest BCUT2D eigenvalue weighted by atomic mass is 16.1. The van der Waals surface area contributed by atoms with Crippen molar-refractivity contribution in [1.82, 2.24) is 4.90 Å². The van der Waals surface area contributed by atoms with Gasteiger partial charge in [0.2, 0.25) is 0 Å². The number of hydrogen-bond acceptors (Lipinski definition) is 2. The van der Waals surface area contributed by atoms with Gasteiger partial charge in [0, 0.05) is 25.9 Å². The SMILES string of the molecule is CCCCCCCC(C=O)=CN(C)C. The molecule has 0 unspecified atom stereocenters. The molecule has 0 aliphatic heterocycles. The quantitative estimate of drug-likeness (QED) is 0.339. The first-order valence-corrected chi connectivity index (χ1v) is 5.53. The smallest absolute Gasteiger partial charge is 0.147 e. The second-order valence-corrected chi connectivity index (χ2v) is 3.95. The largest absolute Gasteiger partial charge is 0.383 e. The maximum absolute atomic E-state index is 10.7. The summed E-state index contributed by atoms with van der Waals surface area (Å²) in [7, 11) is 3.89. The van der Waals surface area contributed by atoms with Crippen molar-refractivity contribution in [1.29, 1.82) is 0 Å². The van der Waals surface area contributed by atoms with Crippen molar-refractivity contribution in [3.8, 4) is 0 Å². The molecule has 2 nitrogen and oxygen atoms in total. The Morgan fingerprint density at radius 3 is 2.29 bits per heavy atom. The molecule has 0 fully saturated rings. The molecule has 0 heterocycles. The number of unbranched alkanes of at least 4 members (excludes halogenated alkanes) is 4. The minimum atomic E-state index is 0.909. The second-order valence-electron chi connectivity index (χ2n) is 3.95. The van der Waals surface area contributed by atoms with Gasteiger partial charge in [-0.1, -0.05) is 32.6 Å². The number of nitrogens with zero attached hydrogens (tertiary/aromatic N) is 1. The summed E-state index contributed by atoms with van der Waals surface area (Å²) in [4.78, 5) is 12.6. The molecule has 0 aromatic heterocycles. The van der Waals surface area contributed by atoms with Crippen molar-refractivity contribution in [2.45, 2.75) is 45.4 Å². The van der Waals surface area contributed by atoms with E-state index in [0.29, 0.717) is 0 Å². The van der Waals surface area contributed by atoms with Crippen molar-refractivity contribution in [2.75, 3.05) is 14.1 Å². The number of carbonyl (C=O) groups excluding carboxylic acids is 1. The Hall–Kier alpha value is -0.790. The van der Waals surface area contributed by atoms with Crippen molar-refractivity contribution >= 4 is 6.29 Å². The lowest BCUT2D eigenvalue weighted by atomic mass is 10.1.